The van der Waals surface area contributed by atoms with E-state index in [1.54, 1.807) is 0 Å². The van der Waals surface area contributed by atoms with Gasteiger partial charge in [0.25, 0.3) is 0 Å². The molecule has 27 heavy (non-hydrogen) atoms. The predicted molar refractivity (Wildman–Crippen MR) is 121 cm³/mol. The molecule has 0 heterocycles. The highest BCUT2D eigenvalue weighted by Gasteiger charge is 2.12. The Morgan fingerprint density at radius 2 is 1.78 bits per heavy atom. The fraction of sp³-hybridized carbons (Fsp3) is 0.182. The number of benzene rings is 3. The van der Waals surface area contributed by atoms with Crippen molar-refractivity contribution in [2.75, 3.05) is 5.32 Å². The maximum atomic E-state index is 6.14. The van der Waals surface area contributed by atoms with Crippen LogP contribution in [0.5, 0.6) is 5.75 Å². The summed E-state index contributed by atoms with van der Waals surface area (Å²) in [6.45, 7) is 3.29. The quantitative estimate of drug-likeness (QED) is 0.354. The fourth-order valence-electron chi connectivity index (χ4n) is 2.88. The van der Waals surface area contributed by atoms with E-state index in [2.05, 4.69) is 74.4 Å². The molecule has 0 amide bonds. The summed E-state index contributed by atoms with van der Waals surface area (Å²) in [6.07, 6.45) is 0.990. The summed E-state index contributed by atoms with van der Waals surface area (Å²) < 4.78 is 8.06. The van der Waals surface area contributed by atoms with E-state index in [-0.39, 0.29) is 0 Å². The summed E-state index contributed by atoms with van der Waals surface area (Å²) in [5.41, 5.74) is 4.56. The van der Waals surface area contributed by atoms with Gasteiger partial charge in [0, 0.05) is 27.3 Å². The first kappa shape index (κ1) is 20.2. The van der Waals surface area contributed by atoms with Crippen LogP contribution in [0.25, 0.3) is 0 Å². The number of hydrogen-bond acceptors (Lipinski definition) is 2. The van der Waals surface area contributed by atoms with E-state index in [1.165, 1.54) is 5.56 Å². The van der Waals surface area contributed by atoms with E-state index in [9.17, 15) is 0 Å². The number of halogens is 3. The summed E-state index contributed by atoms with van der Waals surface area (Å²) in [4.78, 5) is 0. The number of nitrogens with one attached hydrogen (secondary N) is 1. The fourth-order valence-corrected chi connectivity index (χ4v) is 4.52. The van der Waals surface area contributed by atoms with Crippen molar-refractivity contribution >= 4 is 49.1 Å². The molecule has 2 nitrogen and oxygen atoms in total. The largest absolute Gasteiger partial charge is 0.487 e. The van der Waals surface area contributed by atoms with Gasteiger partial charge in [-0.25, -0.2) is 0 Å². The zero-order valence-electron chi connectivity index (χ0n) is 14.9. The smallest absolute Gasteiger partial charge is 0.139 e. The molecule has 140 valence electrons. The number of ether oxygens (including phenoxy) is 1. The second-order valence-corrected chi connectivity index (χ2v) is 8.37. The van der Waals surface area contributed by atoms with Crippen LogP contribution in [0.3, 0.4) is 0 Å². The minimum atomic E-state index is 0.458. The van der Waals surface area contributed by atoms with Crippen LogP contribution in [0.4, 0.5) is 5.69 Å². The lowest BCUT2D eigenvalue weighted by molar-refractivity contribution is 0.301. The molecule has 5 heteroatoms. The lowest BCUT2D eigenvalue weighted by atomic mass is 10.1. The first-order valence-corrected chi connectivity index (χ1v) is 10.7. The van der Waals surface area contributed by atoms with Crippen molar-refractivity contribution in [1.82, 2.24) is 0 Å². The average Bonchev–Trinajstić information content (AvgIpc) is 2.65. The van der Waals surface area contributed by atoms with Gasteiger partial charge in [0.05, 0.1) is 4.47 Å². The van der Waals surface area contributed by atoms with Crippen molar-refractivity contribution in [2.45, 2.75) is 26.5 Å². The number of hydrogen-bond donors (Lipinski definition) is 1. The Kier molecular flexibility index (Phi) is 7.22. The zero-order valence-corrected chi connectivity index (χ0v) is 18.9. The molecule has 3 aromatic carbocycles. The molecule has 0 spiro atoms. The zero-order chi connectivity index (χ0) is 19.2. The molecule has 3 rings (SSSR count). The summed E-state index contributed by atoms with van der Waals surface area (Å²) >= 11 is 13.3. The van der Waals surface area contributed by atoms with Crippen molar-refractivity contribution in [1.29, 1.82) is 0 Å². The molecule has 0 fully saturated rings. The second-order valence-electron chi connectivity index (χ2n) is 6.16. The molecule has 0 atom stereocenters. The molecule has 0 radical (unpaired) electrons. The van der Waals surface area contributed by atoms with Gasteiger partial charge in [0.1, 0.15) is 12.4 Å². The lowest BCUT2D eigenvalue weighted by Crippen LogP contribution is -2.06. The van der Waals surface area contributed by atoms with Gasteiger partial charge in [-0.05, 0) is 63.8 Å². The van der Waals surface area contributed by atoms with Gasteiger partial charge in [0.15, 0.2) is 0 Å². The van der Waals surface area contributed by atoms with Gasteiger partial charge in [0.2, 0.25) is 0 Å². The van der Waals surface area contributed by atoms with E-state index in [4.69, 9.17) is 16.3 Å². The highest BCUT2D eigenvalue weighted by Crippen LogP contribution is 2.34. The van der Waals surface area contributed by atoms with Crippen LogP contribution in [0, 0.1) is 0 Å². The molecule has 0 saturated heterocycles. The number of rotatable bonds is 7. The highest BCUT2D eigenvalue weighted by atomic mass is 79.9. The van der Waals surface area contributed by atoms with Crippen LogP contribution >= 0.6 is 43.5 Å². The molecule has 0 aromatic heterocycles. The van der Waals surface area contributed by atoms with E-state index >= 15 is 0 Å². The van der Waals surface area contributed by atoms with Crippen LogP contribution in [0.2, 0.25) is 5.02 Å². The monoisotopic (exact) mass is 507 g/mol. The van der Waals surface area contributed by atoms with Crippen LogP contribution < -0.4 is 10.1 Å². The third-order valence-electron chi connectivity index (χ3n) is 4.23. The molecule has 0 bridgehead atoms. The third kappa shape index (κ3) is 5.50. The summed E-state index contributed by atoms with van der Waals surface area (Å²) in [6, 6.07) is 20.2. The van der Waals surface area contributed by atoms with Gasteiger partial charge >= 0.3 is 0 Å². The first-order valence-electron chi connectivity index (χ1n) is 8.73. The van der Waals surface area contributed by atoms with Crippen molar-refractivity contribution in [2.24, 2.45) is 0 Å². The summed E-state index contributed by atoms with van der Waals surface area (Å²) in [5, 5.41) is 4.25. The molecule has 0 aliphatic heterocycles. The Bertz CT molecular complexity index is 930. The molecule has 1 N–H and O–H groups in total. The van der Waals surface area contributed by atoms with E-state index < -0.39 is 0 Å². The van der Waals surface area contributed by atoms with Crippen LogP contribution in [0.1, 0.15) is 23.6 Å². The maximum Gasteiger partial charge on any atom is 0.139 e. The highest BCUT2D eigenvalue weighted by molar-refractivity contribution is 9.11. The average molecular weight is 510 g/mol. The van der Waals surface area contributed by atoms with Gasteiger partial charge in [-0.15, -0.1) is 0 Å². The second kappa shape index (κ2) is 9.63. The van der Waals surface area contributed by atoms with Crippen LogP contribution in [0.15, 0.2) is 69.6 Å². The van der Waals surface area contributed by atoms with Crippen molar-refractivity contribution in [3.8, 4) is 5.75 Å². The molecular formula is C22H20Br2ClNO. The van der Waals surface area contributed by atoms with Gasteiger partial charge in [-0.3, -0.25) is 0 Å². The Labute approximate surface area is 182 Å². The van der Waals surface area contributed by atoms with Crippen molar-refractivity contribution < 1.29 is 4.74 Å². The summed E-state index contributed by atoms with van der Waals surface area (Å²) in [7, 11) is 0. The minimum Gasteiger partial charge on any atom is -0.487 e. The molecule has 0 aliphatic rings. The predicted octanol–water partition coefficient (Wildman–Crippen LogP) is 7.62. The molecule has 0 aliphatic carbocycles. The SMILES string of the molecule is CCc1ccccc1NCc1cc(Br)cc(Br)c1OCc1cccc(Cl)c1. The lowest BCUT2D eigenvalue weighted by Gasteiger charge is -2.17. The molecule has 0 unspecified atom stereocenters. The van der Waals surface area contributed by atoms with Gasteiger partial charge in [-0.2, -0.15) is 0 Å². The Morgan fingerprint density at radius 3 is 2.56 bits per heavy atom. The maximum absolute atomic E-state index is 6.14. The third-order valence-corrected chi connectivity index (χ3v) is 5.51. The van der Waals surface area contributed by atoms with Crippen molar-refractivity contribution in [3.63, 3.8) is 0 Å². The normalized spacial score (nSPS) is 10.7. The Hall–Kier alpha value is -1.49. The van der Waals surface area contributed by atoms with Gasteiger partial charge < -0.3 is 10.1 Å². The van der Waals surface area contributed by atoms with Gasteiger partial charge in [-0.1, -0.05) is 64.8 Å². The van der Waals surface area contributed by atoms with E-state index in [0.717, 1.165) is 37.9 Å². The Balaban J connectivity index is 1.80. The van der Waals surface area contributed by atoms with Crippen molar-refractivity contribution in [3.05, 3.63) is 91.3 Å². The topological polar surface area (TPSA) is 21.3 Å². The standard InChI is InChI=1S/C22H20Br2ClNO/c1-2-16-7-3-4-9-21(16)26-13-17-11-18(23)12-20(24)22(17)27-14-15-6-5-8-19(25)10-15/h3-12,26H,2,13-14H2,1H3. The first-order chi connectivity index (χ1) is 13.1. The van der Waals surface area contributed by atoms with E-state index in [0.29, 0.717) is 18.2 Å². The van der Waals surface area contributed by atoms with E-state index in [1.807, 2.05) is 30.3 Å². The number of anilines is 1. The molecular weight excluding hydrogens is 490 g/mol. The number of aryl methyl sites for hydroxylation is 1. The molecule has 0 saturated carbocycles. The van der Waals surface area contributed by atoms with Crippen LogP contribution in [-0.2, 0) is 19.6 Å². The summed E-state index contributed by atoms with van der Waals surface area (Å²) in [5.74, 6) is 0.833. The molecule has 3 aromatic rings. The van der Waals surface area contributed by atoms with Crippen LogP contribution in [-0.4, -0.2) is 0 Å². The minimum absolute atomic E-state index is 0.458. The number of para-hydroxylation sites is 1. The Morgan fingerprint density at radius 1 is 0.963 bits per heavy atom.